The number of rotatable bonds is 10. The molecule has 1 aliphatic heterocycles. The number of Topliss-reactive ketones (excluding diaryl/α,β-unsaturated/α-hetero) is 1. The molecule has 1 heterocycles. The summed E-state index contributed by atoms with van der Waals surface area (Å²) in [6.45, 7) is 44.1. The van der Waals surface area contributed by atoms with E-state index in [1.54, 1.807) is 4.90 Å². The predicted molar refractivity (Wildman–Crippen MR) is 248 cm³/mol. The third-order valence-corrected chi connectivity index (χ3v) is 8.81. The molecular weight excluding hydrogens is 739 g/mol. The average molecular weight is 843 g/mol. The maximum absolute atomic E-state index is 12.3. The highest BCUT2D eigenvalue weighted by Crippen LogP contribution is 2.47. The van der Waals surface area contributed by atoms with Crippen LogP contribution in [0.15, 0.2) is 0 Å². The van der Waals surface area contributed by atoms with E-state index in [4.69, 9.17) is 9.05 Å². The van der Waals surface area contributed by atoms with Crippen molar-refractivity contribution in [2.24, 2.45) is 50.2 Å². The number of amides is 2. The summed E-state index contributed by atoms with van der Waals surface area (Å²) < 4.78 is 22.2. The Kier molecular flexibility index (Phi) is 35.8. The molecule has 0 radical (unpaired) electrons. The van der Waals surface area contributed by atoms with E-state index in [-0.39, 0.29) is 89.4 Å². The van der Waals surface area contributed by atoms with Gasteiger partial charge in [0.2, 0.25) is 11.8 Å². The summed E-state index contributed by atoms with van der Waals surface area (Å²) in [6, 6.07) is 0. The Hall–Kier alpha value is -1.32. The van der Waals surface area contributed by atoms with Crippen LogP contribution in [0.2, 0.25) is 0 Å². The van der Waals surface area contributed by atoms with Crippen LogP contribution in [0.4, 0.5) is 0 Å². The highest BCUT2D eigenvalue weighted by Gasteiger charge is 2.40. The molecule has 1 aliphatic rings. The number of likely N-dealkylation sites (tertiary alicyclic amines) is 1. The molecule has 2 amide bonds. The first-order valence-electron chi connectivity index (χ1n) is 19.6. The highest BCUT2D eigenvalue weighted by molar-refractivity contribution is 7.47. The number of nitrogens with zero attached hydrogens (tertiary/aromatic N) is 1. The normalized spacial score (nSPS) is 15.2. The lowest BCUT2D eigenvalue weighted by atomic mass is 9.79. The van der Waals surface area contributed by atoms with Crippen LogP contribution in [0.5, 0.6) is 0 Å². The van der Waals surface area contributed by atoms with Gasteiger partial charge in [-0.25, -0.2) is 4.57 Å². The molecule has 1 unspecified atom stereocenters. The summed E-state index contributed by atoms with van der Waals surface area (Å²) >= 11 is 0. The van der Waals surface area contributed by atoms with Crippen molar-refractivity contribution in [3.8, 4) is 0 Å². The Labute approximate surface area is 356 Å². The first-order valence-corrected chi connectivity index (χ1v) is 21.1. The molecule has 10 nitrogen and oxygen atoms in total. The van der Waals surface area contributed by atoms with Crippen molar-refractivity contribution >= 4 is 25.4 Å². The van der Waals surface area contributed by atoms with Gasteiger partial charge in [0.1, 0.15) is 5.78 Å². The van der Waals surface area contributed by atoms with Crippen LogP contribution in [0.1, 0.15) is 194 Å². The van der Waals surface area contributed by atoms with Crippen molar-refractivity contribution in [2.45, 2.75) is 194 Å². The third-order valence-electron chi connectivity index (χ3n) is 7.90. The lowest BCUT2D eigenvalue weighted by Crippen LogP contribution is -2.49. The number of aliphatic hydroxyl groups excluding tert-OH is 1. The van der Waals surface area contributed by atoms with Crippen LogP contribution in [0, 0.1) is 50.2 Å². The summed E-state index contributed by atoms with van der Waals surface area (Å²) in [7, 11) is -4.16. The molecule has 0 saturated carbocycles. The van der Waals surface area contributed by atoms with Crippen molar-refractivity contribution in [2.75, 3.05) is 39.5 Å². The quantitative estimate of drug-likeness (QED) is 0.185. The second-order valence-corrected chi connectivity index (χ2v) is 23.1. The van der Waals surface area contributed by atoms with Crippen LogP contribution < -0.4 is 5.32 Å². The Bertz CT molecular complexity index is 1100. The zero-order valence-corrected chi connectivity index (χ0v) is 39.2. The first kappa shape index (κ1) is 70.3. The maximum Gasteiger partial charge on any atom is 0.472 e. The van der Waals surface area contributed by atoms with Gasteiger partial charge in [-0.3, -0.25) is 23.4 Å². The third kappa shape index (κ3) is 38.6. The number of phosphoric acid groups is 1. The molecule has 350 valence electrons. The molecule has 3 N–H and O–H groups in total. The molecule has 1 rings (SSSR count). The van der Waals surface area contributed by atoms with E-state index in [0.717, 1.165) is 12.5 Å². The Morgan fingerprint density at radius 1 is 0.684 bits per heavy atom. The fraction of sp³-hybridized carbons (Fsp3) is 0.935. The highest BCUT2D eigenvalue weighted by atomic mass is 31.2. The first-order chi connectivity index (χ1) is 23.3. The molecule has 1 atom stereocenters. The average Bonchev–Trinajstić information content (AvgIpc) is 2.95. The minimum Gasteiger partial charge on any atom is -0.396 e. The van der Waals surface area contributed by atoms with E-state index >= 15 is 0 Å². The zero-order valence-electron chi connectivity index (χ0n) is 38.3. The van der Waals surface area contributed by atoms with Gasteiger partial charge in [-0.2, -0.15) is 0 Å². The number of hydrogen-bond donors (Lipinski definition) is 3. The van der Waals surface area contributed by atoms with Gasteiger partial charge in [0, 0.05) is 47.7 Å². The lowest BCUT2D eigenvalue weighted by molar-refractivity contribution is -0.143. The number of carbonyl (C=O) groups is 3. The van der Waals surface area contributed by atoms with E-state index in [2.05, 4.69) is 60.7 Å². The fourth-order valence-corrected chi connectivity index (χ4v) is 6.10. The summed E-state index contributed by atoms with van der Waals surface area (Å²) in [6.07, 6.45) is 2.36. The number of hydrogen-bond acceptors (Lipinski definition) is 7. The molecule has 11 heteroatoms. The van der Waals surface area contributed by atoms with Gasteiger partial charge in [-0.15, -0.1) is 0 Å². The van der Waals surface area contributed by atoms with Crippen LogP contribution in [0.25, 0.3) is 0 Å². The second kappa shape index (κ2) is 29.0. The number of phosphoric ester groups is 1. The van der Waals surface area contributed by atoms with E-state index in [9.17, 15) is 28.9 Å². The lowest BCUT2D eigenvalue weighted by Gasteiger charge is -2.42. The summed E-state index contributed by atoms with van der Waals surface area (Å²) in [5.41, 5.74) is -0.912. The van der Waals surface area contributed by atoms with Gasteiger partial charge in [0.15, 0.2) is 0 Å². The van der Waals surface area contributed by atoms with Gasteiger partial charge >= 0.3 is 7.82 Å². The number of piperidine rings is 1. The molecule has 0 aliphatic carbocycles. The standard InChI is InChI=1S/C17H34NO6P.C10H21NO.C8H18.C7H14O.4CH4/c1-15(2,3)12-23-25(21,22)24-13-17(11-19)7-9-18(10-8-17)14(20)16(4,5)6;1-9(2,3)7-11-8(12)10(4,5)6;1-7(2)6-8(3,4)5;1-5(2)7(8)6(3)4;;;;/h19H,7-13H2,1-6H3,(H,21,22);7H2,1-6H3,(H,11,12);7H,6H2,1-5H3;5-6H,1-4H3;4*1H4. The van der Waals surface area contributed by atoms with Crippen LogP contribution in [0.3, 0.4) is 0 Å². The Morgan fingerprint density at radius 3 is 1.32 bits per heavy atom. The molecule has 1 fully saturated rings. The van der Waals surface area contributed by atoms with Crippen LogP contribution in [-0.4, -0.2) is 72.0 Å². The van der Waals surface area contributed by atoms with Crippen molar-refractivity contribution in [1.82, 2.24) is 10.2 Å². The largest absolute Gasteiger partial charge is 0.472 e. The van der Waals surface area contributed by atoms with E-state index in [1.165, 1.54) is 6.42 Å². The molecule has 57 heavy (non-hydrogen) atoms. The summed E-state index contributed by atoms with van der Waals surface area (Å²) in [5, 5.41) is 12.7. The molecule has 0 aromatic heterocycles. The predicted octanol–water partition coefficient (Wildman–Crippen LogP) is 12.5. The Morgan fingerprint density at radius 2 is 1.09 bits per heavy atom. The van der Waals surface area contributed by atoms with Gasteiger partial charge < -0.3 is 20.2 Å². The molecule has 0 bridgehead atoms. The summed E-state index contributed by atoms with van der Waals surface area (Å²) in [5.74, 6) is 1.80. The summed E-state index contributed by atoms with van der Waals surface area (Å²) in [4.78, 5) is 46.2. The minimum absolute atomic E-state index is 0. The van der Waals surface area contributed by atoms with E-state index < -0.39 is 18.7 Å². The minimum atomic E-state index is -4.16. The van der Waals surface area contributed by atoms with Gasteiger partial charge in [-0.05, 0) is 41.4 Å². The van der Waals surface area contributed by atoms with Crippen LogP contribution >= 0.6 is 7.82 Å². The van der Waals surface area contributed by atoms with E-state index in [1.807, 2.05) is 90.0 Å². The van der Waals surface area contributed by atoms with Crippen molar-refractivity contribution in [3.05, 3.63) is 0 Å². The number of aliphatic hydroxyl groups is 1. The van der Waals surface area contributed by atoms with Crippen LogP contribution in [-0.2, 0) is 28.0 Å². The van der Waals surface area contributed by atoms with Crippen molar-refractivity contribution in [3.63, 3.8) is 0 Å². The molecule has 0 spiro atoms. The Balaban J connectivity index is -0.000000131. The smallest absolute Gasteiger partial charge is 0.396 e. The molecule has 0 aromatic carbocycles. The zero-order chi connectivity index (χ0) is 43.0. The molecular formula is C46H103N2O8P. The monoisotopic (exact) mass is 843 g/mol. The molecule has 1 saturated heterocycles. The van der Waals surface area contributed by atoms with Gasteiger partial charge in [-0.1, -0.05) is 175 Å². The fourth-order valence-electron chi connectivity index (χ4n) is 5.04. The second-order valence-electron chi connectivity index (χ2n) is 21.6. The number of ketones is 1. The van der Waals surface area contributed by atoms with E-state index in [0.29, 0.717) is 37.1 Å². The maximum atomic E-state index is 12.3. The number of nitrogens with one attached hydrogen (secondary N) is 1. The number of carbonyl (C=O) groups excluding carboxylic acids is 3. The van der Waals surface area contributed by atoms with Crippen molar-refractivity contribution < 1.29 is 38.0 Å². The van der Waals surface area contributed by atoms with Gasteiger partial charge in [0.25, 0.3) is 0 Å². The van der Waals surface area contributed by atoms with Gasteiger partial charge in [0.05, 0.1) is 19.8 Å². The SMILES string of the molecule is C.C.C.C.CC(C)(C)CNC(=O)C(C)(C)C.CC(C)(C)COP(=O)(O)OCC1(CO)CCN(C(=O)C(C)(C)C)CC1.CC(C)C(=O)C(C)C.CC(C)CC(C)(C)C. The molecule has 0 aromatic rings. The van der Waals surface area contributed by atoms with Crippen molar-refractivity contribution in [1.29, 1.82) is 0 Å². The topological polar surface area (TPSA) is 142 Å².